The van der Waals surface area contributed by atoms with Gasteiger partial charge in [0.05, 0.1) is 12.6 Å². The topological polar surface area (TPSA) is 41.6 Å². The van der Waals surface area contributed by atoms with Crippen LogP contribution < -0.4 is 5.73 Å². The first-order chi connectivity index (χ1) is 6.86. The molecule has 78 valence electrons. The van der Waals surface area contributed by atoms with E-state index in [1.807, 2.05) is 0 Å². The van der Waals surface area contributed by atoms with Crippen LogP contribution >= 0.6 is 0 Å². The van der Waals surface area contributed by atoms with E-state index in [1.165, 1.54) is 38.5 Å². The van der Waals surface area contributed by atoms with Gasteiger partial charge in [-0.2, -0.15) is 0 Å². The molecule has 14 heavy (non-hydrogen) atoms. The maximum atomic E-state index is 5.99. The third kappa shape index (κ3) is 1.30. The van der Waals surface area contributed by atoms with E-state index < -0.39 is 0 Å². The zero-order valence-electron chi connectivity index (χ0n) is 8.65. The lowest BCUT2D eigenvalue weighted by Crippen LogP contribution is -2.47. The van der Waals surface area contributed by atoms with Crippen molar-refractivity contribution in [3.05, 3.63) is 0 Å². The monoisotopic (exact) mass is 193 g/mol. The molecule has 3 heteroatoms. The lowest BCUT2D eigenvalue weighted by Gasteiger charge is -2.32. The average Bonchev–Trinajstić information content (AvgIpc) is 2.75. The van der Waals surface area contributed by atoms with Gasteiger partial charge in [0.2, 0.25) is 0 Å². The fourth-order valence-corrected chi connectivity index (χ4v) is 3.02. The maximum Gasteiger partial charge on any atom is 0.191 e. The predicted octanol–water partition coefficient (Wildman–Crippen LogP) is 1.34. The Hall–Kier alpha value is -0.730. The first-order valence-electron chi connectivity index (χ1n) is 5.94. The van der Waals surface area contributed by atoms with Gasteiger partial charge in [0.25, 0.3) is 0 Å². The van der Waals surface area contributed by atoms with Gasteiger partial charge in [-0.15, -0.1) is 0 Å². The molecule has 0 aromatic rings. The standard InChI is InChI=1S/C11H19N3/c12-11-13-7-10(8-5-6-8)14(11)9-3-1-2-4-9/h8-10H,1-7H2,(H2,12,13). The first kappa shape index (κ1) is 8.57. The van der Waals surface area contributed by atoms with E-state index in [4.69, 9.17) is 5.73 Å². The van der Waals surface area contributed by atoms with Crippen molar-refractivity contribution in [3.8, 4) is 0 Å². The smallest absolute Gasteiger partial charge is 0.191 e. The van der Waals surface area contributed by atoms with E-state index in [0.717, 1.165) is 18.4 Å². The summed E-state index contributed by atoms with van der Waals surface area (Å²) >= 11 is 0. The van der Waals surface area contributed by atoms with Crippen LogP contribution in [0.15, 0.2) is 4.99 Å². The lowest BCUT2D eigenvalue weighted by molar-refractivity contribution is 0.238. The lowest BCUT2D eigenvalue weighted by atomic mass is 10.1. The zero-order valence-corrected chi connectivity index (χ0v) is 8.65. The van der Waals surface area contributed by atoms with E-state index in [9.17, 15) is 0 Å². The Morgan fingerprint density at radius 3 is 2.50 bits per heavy atom. The molecule has 2 fully saturated rings. The molecule has 1 atom stereocenters. The Balaban J connectivity index is 1.75. The van der Waals surface area contributed by atoms with E-state index in [2.05, 4.69) is 9.89 Å². The number of nitrogens with two attached hydrogens (primary N) is 1. The van der Waals surface area contributed by atoms with Crippen molar-refractivity contribution in [1.82, 2.24) is 4.90 Å². The van der Waals surface area contributed by atoms with Crippen LogP contribution in [-0.2, 0) is 0 Å². The van der Waals surface area contributed by atoms with Gasteiger partial charge in [-0.1, -0.05) is 12.8 Å². The molecule has 0 saturated heterocycles. The number of nitrogens with zero attached hydrogens (tertiary/aromatic N) is 2. The minimum Gasteiger partial charge on any atom is -0.370 e. The summed E-state index contributed by atoms with van der Waals surface area (Å²) in [4.78, 5) is 6.87. The van der Waals surface area contributed by atoms with Gasteiger partial charge in [-0.05, 0) is 31.6 Å². The van der Waals surface area contributed by atoms with Gasteiger partial charge in [0.15, 0.2) is 5.96 Å². The normalized spacial score (nSPS) is 33.9. The highest BCUT2D eigenvalue weighted by Gasteiger charge is 2.42. The number of hydrogen-bond donors (Lipinski definition) is 1. The minimum absolute atomic E-state index is 0.665. The van der Waals surface area contributed by atoms with Crippen molar-refractivity contribution >= 4 is 5.96 Å². The second-order valence-corrected chi connectivity index (χ2v) is 4.95. The largest absolute Gasteiger partial charge is 0.370 e. The molecule has 3 aliphatic rings. The van der Waals surface area contributed by atoms with E-state index in [-0.39, 0.29) is 0 Å². The highest BCUT2D eigenvalue weighted by molar-refractivity contribution is 5.80. The third-order valence-electron chi connectivity index (χ3n) is 3.95. The van der Waals surface area contributed by atoms with Crippen LogP contribution in [0.2, 0.25) is 0 Å². The molecule has 3 nitrogen and oxygen atoms in total. The van der Waals surface area contributed by atoms with Crippen LogP contribution in [0, 0.1) is 5.92 Å². The number of rotatable bonds is 2. The number of guanidine groups is 1. The highest BCUT2D eigenvalue weighted by atomic mass is 15.3. The summed E-state index contributed by atoms with van der Waals surface area (Å²) in [7, 11) is 0. The maximum absolute atomic E-state index is 5.99. The third-order valence-corrected chi connectivity index (χ3v) is 3.95. The second kappa shape index (κ2) is 3.14. The van der Waals surface area contributed by atoms with Gasteiger partial charge >= 0.3 is 0 Å². The molecule has 0 bridgehead atoms. The summed E-state index contributed by atoms with van der Waals surface area (Å²) in [6.45, 7) is 0.965. The highest BCUT2D eigenvalue weighted by Crippen LogP contribution is 2.39. The van der Waals surface area contributed by atoms with E-state index in [1.54, 1.807) is 0 Å². The summed E-state index contributed by atoms with van der Waals surface area (Å²) < 4.78 is 0. The predicted molar refractivity (Wildman–Crippen MR) is 57.1 cm³/mol. The molecule has 0 spiro atoms. The molecule has 1 heterocycles. The van der Waals surface area contributed by atoms with Crippen LogP contribution in [0.4, 0.5) is 0 Å². The fraction of sp³-hybridized carbons (Fsp3) is 0.909. The van der Waals surface area contributed by atoms with Crippen molar-refractivity contribution in [2.24, 2.45) is 16.6 Å². The molecule has 1 aliphatic heterocycles. The number of aliphatic imine (C=N–C) groups is 1. The SMILES string of the molecule is NC1=NCC(C2CC2)N1C1CCCC1. The molecule has 2 N–H and O–H groups in total. The molecule has 0 amide bonds. The van der Waals surface area contributed by atoms with Gasteiger partial charge in [-0.3, -0.25) is 4.99 Å². The Morgan fingerprint density at radius 2 is 1.86 bits per heavy atom. The van der Waals surface area contributed by atoms with Crippen LogP contribution in [-0.4, -0.2) is 29.5 Å². The first-order valence-corrected chi connectivity index (χ1v) is 5.94. The zero-order chi connectivity index (χ0) is 9.54. The van der Waals surface area contributed by atoms with Crippen LogP contribution in [0.25, 0.3) is 0 Å². The van der Waals surface area contributed by atoms with Crippen LogP contribution in [0.1, 0.15) is 38.5 Å². The van der Waals surface area contributed by atoms with Gasteiger partial charge in [0, 0.05) is 6.04 Å². The molecule has 3 rings (SSSR count). The van der Waals surface area contributed by atoms with Crippen molar-refractivity contribution in [2.75, 3.05) is 6.54 Å². The molecule has 1 unspecified atom stereocenters. The Kier molecular flexibility index (Phi) is 1.92. The molecule has 2 aliphatic carbocycles. The summed E-state index contributed by atoms with van der Waals surface area (Å²) in [6.07, 6.45) is 8.23. The van der Waals surface area contributed by atoms with Crippen molar-refractivity contribution in [1.29, 1.82) is 0 Å². The summed E-state index contributed by atoms with van der Waals surface area (Å²) in [5.74, 6) is 1.73. The number of hydrogen-bond acceptors (Lipinski definition) is 3. The summed E-state index contributed by atoms with van der Waals surface area (Å²) in [6, 6.07) is 1.38. The summed E-state index contributed by atoms with van der Waals surface area (Å²) in [5.41, 5.74) is 5.99. The molecular formula is C11H19N3. The average molecular weight is 193 g/mol. The van der Waals surface area contributed by atoms with Crippen LogP contribution in [0.3, 0.4) is 0 Å². The fourth-order valence-electron chi connectivity index (χ4n) is 3.02. The Bertz CT molecular complexity index is 251. The minimum atomic E-state index is 0.665. The van der Waals surface area contributed by atoms with E-state index in [0.29, 0.717) is 12.1 Å². The molecule has 2 saturated carbocycles. The van der Waals surface area contributed by atoms with Crippen LogP contribution in [0.5, 0.6) is 0 Å². The quantitative estimate of drug-likeness (QED) is 0.719. The van der Waals surface area contributed by atoms with Gasteiger partial charge < -0.3 is 10.6 Å². The van der Waals surface area contributed by atoms with E-state index >= 15 is 0 Å². The van der Waals surface area contributed by atoms with Crippen molar-refractivity contribution in [3.63, 3.8) is 0 Å². The van der Waals surface area contributed by atoms with Crippen molar-refractivity contribution < 1.29 is 0 Å². The summed E-state index contributed by atoms with van der Waals surface area (Å²) in [5, 5.41) is 0. The second-order valence-electron chi connectivity index (χ2n) is 4.95. The van der Waals surface area contributed by atoms with Gasteiger partial charge in [0.1, 0.15) is 0 Å². The molecule has 0 aromatic carbocycles. The molecule has 0 aromatic heterocycles. The van der Waals surface area contributed by atoms with Gasteiger partial charge in [-0.25, -0.2) is 0 Å². The van der Waals surface area contributed by atoms with Crippen molar-refractivity contribution in [2.45, 2.75) is 50.6 Å². The molecule has 0 radical (unpaired) electrons. The Morgan fingerprint density at radius 1 is 1.14 bits per heavy atom. The Labute approximate surface area is 85.4 Å². The molecular weight excluding hydrogens is 174 g/mol.